The fourth-order valence-electron chi connectivity index (χ4n) is 7.88. The summed E-state index contributed by atoms with van der Waals surface area (Å²) in [7, 11) is 0. The van der Waals surface area contributed by atoms with Crippen LogP contribution in [0.5, 0.6) is 6.01 Å². The van der Waals surface area contributed by atoms with Gasteiger partial charge in [-0.2, -0.15) is 18.7 Å². The predicted molar refractivity (Wildman–Crippen MR) is 163 cm³/mol. The lowest BCUT2D eigenvalue weighted by Gasteiger charge is -2.34. The number of terminal acetylenes is 1. The van der Waals surface area contributed by atoms with E-state index in [-0.39, 0.29) is 71.0 Å². The highest BCUT2D eigenvalue weighted by molar-refractivity contribution is 6.02. The average molecular weight is 633 g/mol. The first-order valence-electron chi connectivity index (χ1n) is 15.4. The molecule has 3 atom stereocenters. The lowest BCUT2D eigenvalue weighted by Crippen LogP contribution is -2.51. The minimum absolute atomic E-state index is 0.0553. The van der Waals surface area contributed by atoms with E-state index < -0.39 is 29.1 Å². The summed E-state index contributed by atoms with van der Waals surface area (Å²) in [6.07, 6.45) is 9.18. The first-order chi connectivity index (χ1) is 22.2. The molecule has 8 rings (SSSR count). The van der Waals surface area contributed by atoms with Gasteiger partial charge in [0, 0.05) is 54.4 Å². The molecular weight excluding hydrogens is 603 g/mol. The van der Waals surface area contributed by atoms with E-state index in [1.807, 2.05) is 4.90 Å². The van der Waals surface area contributed by atoms with Gasteiger partial charge in [0.1, 0.15) is 23.6 Å². The number of piperazine rings is 1. The zero-order chi connectivity index (χ0) is 31.7. The summed E-state index contributed by atoms with van der Waals surface area (Å²) >= 11 is 0. The minimum atomic E-state index is -1.66. The second-order valence-corrected chi connectivity index (χ2v) is 12.7. The second-order valence-electron chi connectivity index (χ2n) is 12.7. The van der Waals surface area contributed by atoms with Gasteiger partial charge in [0.2, 0.25) is 0 Å². The molecule has 0 saturated carbocycles. The Balaban J connectivity index is 1.26. The van der Waals surface area contributed by atoms with E-state index in [2.05, 4.69) is 26.1 Å². The smallest absolute Gasteiger partial charge is 0.319 e. The van der Waals surface area contributed by atoms with E-state index >= 15 is 4.39 Å². The van der Waals surface area contributed by atoms with Crippen LogP contribution in [0.3, 0.4) is 0 Å². The summed E-state index contributed by atoms with van der Waals surface area (Å²) < 4.78 is 79.2. The lowest BCUT2D eigenvalue weighted by molar-refractivity contribution is 0.108. The van der Waals surface area contributed by atoms with Crippen LogP contribution in [0.4, 0.5) is 27.8 Å². The van der Waals surface area contributed by atoms with E-state index in [0.29, 0.717) is 42.6 Å². The molecule has 1 unspecified atom stereocenters. The van der Waals surface area contributed by atoms with Crippen LogP contribution >= 0.6 is 0 Å². The Morgan fingerprint density at radius 2 is 1.91 bits per heavy atom. The second kappa shape index (κ2) is 10.9. The van der Waals surface area contributed by atoms with Crippen LogP contribution in [0.1, 0.15) is 37.7 Å². The van der Waals surface area contributed by atoms with Gasteiger partial charge in [-0.25, -0.2) is 13.2 Å². The number of pyridine rings is 1. The fourth-order valence-corrected chi connectivity index (χ4v) is 7.88. The molecule has 0 radical (unpaired) electrons. The molecule has 1 N–H and O–H groups in total. The maximum absolute atomic E-state index is 16.7. The number of nitrogens with zero attached hydrogens (tertiary/aromatic N) is 5. The van der Waals surface area contributed by atoms with Gasteiger partial charge in [0.25, 0.3) is 6.08 Å². The van der Waals surface area contributed by atoms with Gasteiger partial charge in [-0.3, -0.25) is 9.88 Å². The fraction of sp³-hybridized carbons (Fsp3) is 0.382. The van der Waals surface area contributed by atoms with E-state index in [4.69, 9.17) is 16.1 Å². The Hall–Kier alpha value is -4.34. The number of nitrogens with one attached hydrogen (secondary N) is 1. The zero-order valence-electron chi connectivity index (χ0n) is 24.7. The number of fused-ring (bicyclic) bond motifs is 5. The number of rotatable bonds is 5. The van der Waals surface area contributed by atoms with Crippen LogP contribution < -0.4 is 15.0 Å². The van der Waals surface area contributed by atoms with Crippen LogP contribution in [0.2, 0.25) is 0 Å². The van der Waals surface area contributed by atoms with Gasteiger partial charge in [0.15, 0.2) is 17.5 Å². The molecule has 4 fully saturated rings. The first kappa shape index (κ1) is 29.1. The summed E-state index contributed by atoms with van der Waals surface area (Å²) in [5.41, 5.74) is -0.835. The molecule has 4 aliphatic rings. The standard InChI is InChI=1S/C34H29F5N6O/c1-2-22-26-18(11-25(35)27(22)36)5-3-6-23(26)29-28(37)30-24(13-40-29)32(44-15-20-7-8-21(16-44)41-20)43-33(42-30)46-17-34-9-4-10-45(34)14-19(12-34)31(38)39/h1,3,5-6,11,13,20-21,41H,4,7-10,12,14-17H2/t20-,21+,34?. The van der Waals surface area contributed by atoms with Crippen molar-refractivity contribution in [3.05, 3.63) is 65.1 Å². The summed E-state index contributed by atoms with van der Waals surface area (Å²) in [4.78, 5) is 17.8. The maximum atomic E-state index is 16.7. The number of hydrogen-bond donors (Lipinski definition) is 1. The van der Waals surface area contributed by atoms with Crippen LogP contribution in [0.25, 0.3) is 32.9 Å². The molecule has 236 valence electrons. The highest BCUT2D eigenvalue weighted by atomic mass is 19.3. The number of benzene rings is 2. The monoisotopic (exact) mass is 632 g/mol. The van der Waals surface area contributed by atoms with Crippen molar-refractivity contribution in [1.29, 1.82) is 0 Å². The molecule has 2 bridgehead atoms. The van der Waals surface area contributed by atoms with Crippen LogP contribution in [0.15, 0.2) is 42.1 Å². The molecule has 12 heteroatoms. The topological polar surface area (TPSA) is 66.4 Å². The van der Waals surface area contributed by atoms with Gasteiger partial charge < -0.3 is 15.0 Å². The van der Waals surface area contributed by atoms with Crippen molar-refractivity contribution in [2.75, 3.05) is 37.7 Å². The Labute approximate surface area is 261 Å². The van der Waals surface area contributed by atoms with Crippen molar-refractivity contribution < 1.29 is 26.7 Å². The molecule has 4 saturated heterocycles. The molecule has 0 amide bonds. The Kier molecular flexibility index (Phi) is 6.88. The summed E-state index contributed by atoms with van der Waals surface area (Å²) in [6, 6.07) is 6.16. The van der Waals surface area contributed by atoms with Crippen molar-refractivity contribution >= 4 is 27.5 Å². The third-order valence-corrected chi connectivity index (χ3v) is 10.0. The van der Waals surface area contributed by atoms with E-state index in [9.17, 15) is 17.6 Å². The average Bonchev–Trinajstić information content (AvgIpc) is 3.72. The summed E-state index contributed by atoms with van der Waals surface area (Å²) in [6.45, 7) is 2.24. The Bertz CT molecular complexity index is 1980. The number of ether oxygens (including phenoxy) is 1. The molecule has 2 aromatic carbocycles. The largest absolute Gasteiger partial charge is 0.461 e. The Morgan fingerprint density at radius 3 is 2.67 bits per heavy atom. The number of hydrogen-bond acceptors (Lipinski definition) is 7. The van der Waals surface area contributed by atoms with Gasteiger partial charge in [-0.15, -0.1) is 6.42 Å². The van der Waals surface area contributed by atoms with Crippen LogP contribution in [0, 0.1) is 29.8 Å². The van der Waals surface area contributed by atoms with Gasteiger partial charge in [-0.1, -0.05) is 24.1 Å². The molecule has 4 aliphatic heterocycles. The van der Waals surface area contributed by atoms with Crippen LogP contribution in [-0.4, -0.2) is 70.3 Å². The highest BCUT2D eigenvalue weighted by Crippen LogP contribution is 2.43. The van der Waals surface area contributed by atoms with Crippen molar-refractivity contribution in [2.45, 2.75) is 49.7 Å². The Morgan fingerprint density at radius 1 is 1.11 bits per heavy atom. The van der Waals surface area contributed by atoms with Crippen LogP contribution in [-0.2, 0) is 0 Å². The van der Waals surface area contributed by atoms with Crippen molar-refractivity contribution in [3.63, 3.8) is 0 Å². The minimum Gasteiger partial charge on any atom is -0.461 e. The lowest BCUT2D eigenvalue weighted by atomic mass is 9.94. The zero-order valence-corrected chi connectivity index (χ0v) is 24.7. The molecule has 6 heterocycles. The van der Waals surface area contributed by atoms with E-state index in [0.717, 1.165) is 25.3 Å². The van der Waals surface area contributed by atoms with Crippen molar-refractivity contribution in [1.82, 2.24) is 25.2 Å². The SMILES string of the molecule is C#Cc1c(F)c(F)cc2cccc(-c3ncc4c(N5C[C@H]6CC[C@@H](C5)N6)nc(OCC56CCCN5CC(=C(F)F)C6)nc4c3F)c12. The third kappa shape index (κ3) is 4.59. The molecule has 0 aliphatic carbocycles. The number of aromatic nitrogens is 3. The van der Waals surface area contributed by atoms with E-state index in [1.165, 1.54) is 6.20 Å². The quantitative estimate of drug-likeness (QED) is 0.216. The van der Waals surface area contributed by atoms with Gasteiger partial charge in [0.05, 0.1) is 16.5 Å². The highest BCUT2D eigenvalue weighted by Gasteiger charge is 2.48. The predicted octanol–water partition coefficient (Wildman–Crippen LogP) is 5.95. The van der Waals surface area contributed by atoms with Gasteiger partial charge >= 0.3 is 6.01 Å². The molecular formula is C34H29F5N6O. The summed E-state index contributed by atoms with van der Waals surface area (Å²) in [5, 5.41) is 4.40. The summed E-state index contributed by atoms with van der Waals surface area (Å²) in [5.74, 6) is -0.417. The normalized spacial score (nSPS) is 24.2. The van der Waals surface area contributed by atoms with E-state index in [1.54, 1.807) is 18.2 Å². The maximum Gasteiger partial charge on any atom is 0.319 e. The van der Waals surface area contributed by atoms with Crippen molar-refractivity contribution in [2.24, 2.45) is 0 Å². The van der Waals surface area contributed by atoms with Crippen molar-refractivity contribution in [3.8, 4) is 29.6 Å². The number of anilines is 1. The molecule has 0 spiro atoms. The molecule has 2 aromatic heterocycles. The van der Waals surface area contributed by atoms with Gasteiger partial charge in [-0.05, 0) is 50.1 Å². The molecule has 7 nitrogen and oxygen atoms in total. The number of halogens is 5. The molecule has 4 aromatic rings. The third-order valence-electron chi connectivity index (χ3n) is 10.0. The first-order valence-corrected chi connectivity index (χ1v) is 15.4. The molecule has 46 heavy (non-hydrogen) atoms.